The molecule has 2 aromatic heterocycles. The summed E-state index contributed by atoms with van der Waals surface area (Å²) < 4.78 is 2.17. The Kier molecular flexibility index (Phi) is 3.57. The summed E-state index contributed by atoms with van der Waals surface area (Å²) in [6, 6.07) is 15.0. The standard InChI is InChI=1S/C21H23N5/c1-16-7-8-18-20(23-16)26-15-22-13-19(26)21(24-18)9-11-25(12-10-21)14-17-5-3-2-4-6-17/h2-8,13,15,24H,9-12,14H2,1H3. The Labute approximate surface area is 153 Å². The fourth-order valence-corrected chi connectivity index (χ4v) is 4.28. The van der Waals surface area contributed by atoms with E-state index in [2.05, 4.69) is 62.2 Å². The highest BCUT2D eigenvalue weighted by Crippen LogP contribution is 2.42. The van der Waals surface area contributed by atoms with E-state index >= 15 is 0 Å². The zero-order chi connectivity index (χ0) is 17.6. The van der Waals surface area contributed by atoms with E-state index in [0.29, 0.717) is 0 Å². The number of hydrogen-bond donors (Lipinski definition) is 1. The first-order valence-electron chi connectivity index (χ1n) is 9.29. The number of fused-ring (bicyclic) bond motifs is 4. The molecule has 0 radical (unpaired) electrons. The molecule has 5 nitrogen and oxygen atoms in total. The largest absolute Gasteiger partial charge is 0.371 e. The van der Waals surface area contributed by atoms with Gasteiger partial charge in [0.15, 0.2) is 5.82 Å². The molecule has 26 heavy (non-hydrogen) atoms. The first-order chi connectivity index (χ1) is 12.7. The molecule has 0 aliphatic carbocycles. The topological polar surface area (TPSA) is 46.0 Å². The van der Waals surface area contributed by atoms with E-state index in [-0.39, 0.29) is 5.54 Å². The van der Waals surface area contributed by atoms with Crippen molar-refractivity contribution >= 4 is 5.69 Å². The van der Waals surface area contributed by atoms with Crippen molar-refractivity contribution in [2.24, 2.45) is 0 Å². The number of nitrogens with one attached hydrogen (secondary N) is 1. The minimum Gasteiger partial charge on any atom is -0.371 e. The van der Waals surface area contributed by atoms with Crippen LogP contribution in [0.1, 0.15) is 29.8 Å². The van der Waals surface area contributed by atoms with Gasteiger partial charge in [-0.3, -0.25) is 9.47 Å². The van der Waals surface area contributed by atoms with Crippen molar-refractivity contribution in [3.05, 3.63) is 71.9 Å². The van der Waals surface area contributed by atoms with Crippen LogP contribution in [0.3, 0.4) is 0 Å². The van der Waals surface area contributed by atoms with E-state index in [4.69, 9.17) is 4.98 Å². The first kappa shape index (κ1) is 15.6. The number of likely N-dealkylation sites (tertiary alicyclic amines) is 1. The molecule has 2 aliphatic rings. The lowest BCUT2D eigenvalue weighted by atomic mass is 9.82. The van der Waals surface area contributed by atoms with E-state index in [1.807, 2.05) is 19.4 Å². The smallest absolute Gasteiger partial charge is 0.161 e. The molecule has 1 fully saturated rings. The maximum atomic E-state index is 4.73. The minimum absolute atomic E-state index is 0.0480. The van der Waals surface area contributed by atoms with Gasteiger partial charge in [0.1, 0.15) is 6.33 Å². The third-order valence-corrected chi connectivity index (χ3v) is 5.70. The molecule has 1 N–H and O–H groups in total. The monoisotopic (exact) mass is 345 g/mol. The summed E-state index contributed by atoms with van der Waals surface area (Å²) >= 11 is 0. The predicted molar refractivity (Wildman–Crippen MR) is 102 cm³/mol. The van der Waals surface area contributed by atoms with Gasteiger partial charge in [-0.05, 0) is 37.5 Å². The molecule has 2 aliphatic heterocycles. The number of aryl methyl sites for hydroxylation is 1. The fraction of sp³-hybridized carbons (Fsp3) is 0.333. The van der Waals surface area contributed by atoms with E-state index in [1.165, 1.54) is 11.3 Å². The quantitative estimate of drug-likeness (QED) is 0.772. The summed E-state index contributed by atoms with van der Waals surface area (Å²) in [5.41, 5.74) is 4.71. The number of rotatable bonds is 2. The Bertz CT molecular complexity index is 923. The number of nitrogens with zero attached hydrogens (tertiary/aromatic N) is 4. The van der Waals surface area contributed by atoms with Gasteiger partial charge in [-0.2, -0.15) is 0 Å². The summed E-state index contributed by atoms with van der Waals surface area (Å²) in [5, 5.41) is 3.82. The summed E-state index contributed by atoms with van der Waals surface area (Å²) in [5.74, 6) is 0.967. The van der Waals surface area contributed by atoms with Crippen LogP contribution in [0.2, 0.25) is 0 Å². The second-order valence-electron chi connectivity index (χ2n) is 7.44. The normalized spacial score (nSPS) is 18.2. The van der Waals surface area contributed by atoms with Crippen molar-refractivity contribution in [2.75, 3.05) is 18.4 Å². The lowest BCUT2D eigenvalue weighted by molar-refractivity contribution is 0.162. The molecule has 1 aromatic carbocycles. The number of piperidine rings is 1. The second kappa shape index (κ2) is 5.95. The van der Waals surface area contributed by atoms with Crippen LogP contribution < -0.4 is 5.32 Å². The lowest BCUT2D eigenvalue weighted by Crippen LogP contribution is -2.49. The summed E-state index contributed by atoms with van der Waals surface area (Å²) in [4.78, 5) is 11.7. The predicted octanol–water partition coefficient (Wildman–Crippen LogP) is 3.49. The highest BCUT2D eigenvalue weighted by molar-refractivity contribution is 5.63. The van der Waals surface area contributed by atoms with Crippen LogP contribution in [0.5, 0.6) is 0 Å². The molecule has 5 rings (SSSR count). The van der Waals surface area contributed by atoms with Crippen molar-refractivity contribution in [3.8, 4) is 5.82 Å². The van der Waals surface area contributed by atoms with Crippen LogP contribution in [0.4, 0.5) is 5.69 Å². The number of imidazole rings is 1. The van der Waals surface area contributed by atoms with Crippen LogP contribution in [0.15, 0.2) is 55.0 Å². The van der Waals surface area contributed by atoms with Gasteiger partial charge in [0.25, 0.3) is 0 Å². The van der Waals surface area contributed by atoms with Gasteiger partial charge in [-0.1, -0.05) is 30.3 Å². The van der Waals surface area contributed by atoms with Gasteiger partial charge in [0, 0.05) is 25.3 Å². The highest BCUT2D eigenvalue weighted by Gasteiger charge is 2.42. The number of pyridine rings is 1. The summed E-state index contributed by atoms with van der Waals surface area (Å²) in [6.45, 7) is 5.19. The summed E-state index contributed by atoms with van der Waals surface area (Å²) in [6.07, 6.45) is 6.05. The molecule has 0 bridgehead atoms. The first-order valence-corrected chi connectivity index (χ1v) is 9.29. The van der Waals surface area contributed by atoms with E-state index in [9.17, 15) is 0 Å². The lowest BCUT2D eigenvalue weighted by Gasteiger charge is -2.45. The van der Waals surface area contributed by atoms with Crippen LogP contribution in [-0.2, 0) is 12.1 Å². The van der Waals surface area contributed by atoms with Crippen molar-refractivity contribution < 1.29 is 0 Å². The van der Waals surface area contributed by atoms with Gasteiger partial charge < -0.3 is 5.32 Å². The Balaban J connectivity index is 1.40. The van der Waals surface area contributed by atoms with Crippen molar-refractivity contribution in [3.63, 3.8) is 0 Å². The highest BCUT2D eigenvalue weighted by atomic mass is 15.2. The fourth-order valence-electron chi connectivity index (χ4n) is 4.28. The van der Waals surface area contributed by atoms with Crippen LogP contribution in [0.25, 0.3) is 5.82 Å². The molecule has 0 amide bonds. The molecule has 0 saturated carbocycles. The average molecular weight is 345 g/mol. The number of hydrogen-bond acceptors (Lipinski definition) is 4. The average Bonchev–Trinajstić information content (AvgIpc) is 3.17. The molecule has 1 spiro atoms. The molecule has 3 aromatic rings. The van der Waals surface area contributed by atoms with Crippen LogP contribution in [-0.4, -0.2) is 32.5 Å². The molecule has 0 unspecified atom stereocenters. The zero-order valence-corrected chi connectivity index (χ0v) is 15.0. The minimum atomic E-state index is -0.0480. The van der Waals surface area contributed by atoms with Crippen LogP contribution in [0, 0.1) is 6.92 Å². The number of benzene rings is 1. The van der Waals surface area contributed by atoms with Gasteiger partial charge in [0.2, 0.25) is 0 Å². The number of aromatic nitrogens is 3. The van der Waals surface area contributed by atoms with Crippen molar-refractivity contribution in [1.29, 1.82) is 0 Å². The molecule has 4 heterocycles. The Morgan fingerprint density at radius 2 is 1.88 bits per heavy atom. The molecule has 132 valence electrons. The Morgan fingerprint density at radius 1 is 1.08 bits per heavy atom. The zero-order valence-electron chi connectivity index (χ0n) is 15.0. The summed E-state index contributed by atoms with van der Waals surface area (Å²) in [7, 11) is 0. The van der Waals surface area contributed by atoms with E-state index < -0.39 is 0 Å². The molecular weight excluding hydrogens is 322 g/mol. The SMILES string of the molecule is Cc1ccc2c(n1)-n1cncc1C1(CCN(Cc3ccccc3)CC1)N2. The Hall–Kier alpha value is -2.66. The van der Waals surface area contributed by atoms with Gasteiger partial charge in [-0.15, -0.1) is 0 Å². The number of anilines is 1. The molecule has 0 atom stereocenters. The van der Waals surface area contributed by atoms with Crippen LogP contribution >= 0.6 is 0 Å². The maximum absolute atomic E-state index is 4.73. The van der Waals surface area contributed by atoms with E-state index in [0.717, 1.165) is 49.7 Å². The molecular formula is C21H23N5. The molecule has 1 saturated heterocycles. The maximum Gasteiger partial charge on any atom is 0.161 e. The van der Waals surface area contributed by atoms with E-state index in [1.54, 1.807) is 0 Å². The Morgan fingerprint density at radius 3 is 2.69 bits per heavy atom. The van der Waals surface area contributed by atoms with Gasteiger partial charge in [-0.25, -0.2) is 9.97 Å². The van der Waals surface area contributed by atoms with Crippen molar-refractivity contribution in [2.45, 2.75) is 31.8 Å². The van der Waals surface area contributed by atoms with Crippen molar-refractivity contribution in [1.82, 2.24) is 19.4 Å². The van der Waals surface area contributed by atoms with Gasteiger partial charge >= 0.3 is 0 Å². The third kappa shape index (κ3) is 2.51. The second-order valence-corrected chi connectivity index (χ2v) is 7.44. The molecule has 5 heteroatoms. The third-order valence-electron chi connectivity index (χ3n) is 5.70. The van der Waals surface area contributed by atoms with Gasteiger partial charge in [0.05, 0.1) is 23.1 Å².